The highest BCUT2D eigenvalue weighted by atomic mass is 32.2. The molecule has 2 aliphatic heterocycles. The highest BCUT2D eigenvalue weighted by Crippen LogP contribution is 2.36. The summed E-state index contributed by atoms with van der Waals surface area (Å²) in [7, 11) is -3.22. The third-order valence-electron chi connectivity index (χ3n) is 4.74. The van der Waals surface area contributed by atoms with E-state index in [2.05, 4.69) is 4.90 Å². The first-order valence-electron chi connectivity index (χ1n) is 9.13. The highest BCUT2D eigenvalue weighted by molar-refractivity contribution is 7.90. The maximum atomic E-state index is 11.6. The number of sulfone groups is 1. The van der Waals surface area contributed by atoms with Crippen LogP contribution in [0.15, 0.2) is 47.4 Å². The standard InChI is InChI=1S/C20H23NO6S/c1-28(22,23)18-7-5-16(6-8-18)27-17-12-21(9-10-24-13-17)11-15-3-2-4-19-20(15)26-14-25-19/h2-8,17H,9-14H2,1H3. The van der Waals surface area contributed by atoms with E-state index in [0.29, 0.717) is 32.1 Å². The van der Waals surface area contributed by atoms with Gasteiger partial charge in [0.15, 0.2) is 21.3 Å². The Morgan fingerprint density at radius 2 is 1.96 bits per heavy atom. The van der Waals surface area contributed by atoms with Gasteiger partial charge in [-0.15, -0.1) is 0 Å². The Hall–Kier alpha value is -2.29. The molecule has 150 valence electrons. The summed E-state index contributed by atoms with van der Waals surface area (Å²) in [5.41, 5.74) is 1.08. The molecule has 0 N–H and O–H groups in total. The first-order valence-corrected chi connectivity index (χ1v) is 11.0. The summed E-state index contributed by atoms with van der Waals surface area (Å²) in [5, 5.41) is 0. The van der Waals surface area contributed by atoms with Crippen LogP contribution in [0, 0.1) is 0 Å². The number of rotatable bonds is 5. The minimum atomic E-state index is -3.22. The van der Waals surface area contributed by atoms with Crippen LogP contribution in [0.2, 0.25) is 0 Å². The Balaban J connectivity index is 1.42. The predicted molar refractivity (Wildman–Crippen MR) is 103 cm³/mol. The average Bonchev–Trinajstić information content (AvgIpc) is 3.04. The van der Waals surface area contributed by atoms with Gasteiger partial charge in [0.2, 0.25) is 6.79 Å². The molecule has 1 saturated heterocycles. The molecule has 0 amide bonds. The first kappa shape index (κ1) is 19.0. The Kier molecular flexibility index (Phi) is 5.43. The molecule has 1 fully saturated rings. The molecule has 8 heteroatoms. The molecule has 0 aromatic heterocycles. The number of benzene rings is 2. The minimum absolute atomic E-state index is 0.152. The second kappa shape index (κ2) is 7.98. The second-order valence-electron chi connectivity index (χ2n) is 6.94. The van der Waals surface area contributed by atoms with Crippen LogP contribution in [0.5, 0.6) is 17.2 Å². The van der Waals surface area contributed by atoms with Gasteiger partial charge in [0, 0.05) is 31.5 Å². The van der Waals surface area contributed by atoms with E-state index in [0.717, 1.165) is 23.6 Å². The van der Waals surface area contributed by atoms with Gasteiger partial charge in [-0.25, -0.2) is 8.42 Å². The van der Waals surface area contributed by atoms with Crippen LogP contribution in [-0.4, -0.2) is 58.8 Å². The molecule has 1 unspecified atom stereocenters. The molecule has 1 atom stereocenters. The van der Waals surface area contributed by atoms with Crippen LogP contribution >= 0.6 is 0 Å². The fraction of sp³-hybridized carbons (Fsp3) is 0.400. The van der Waals surface area contributed by atoms with E-state index in [1.807, 2.05) is 18.2 Å². The Bertz CT molecular complexity index is 928. The molecule has 2 heterocycles. The quantitative estimate of drug-likeness (QED) is 0.754. The molecular weight excluding hydrogens is 382 g/mol. The summed E-state index contributed by atoms with van der Waals surface area (Å²) in [6.45, 7) is 3.55. The molecular formula is C20H23NO6S. The molecule has 0 radical (unpaired) electrons. The molecule has 0 bridgehead atoms. The van der Waals surface area contributed by atoms with Crippen LogP contribution in [0.1, 0.15) is 5.56 Å². The maximum absolute atomic E-state index is 11.6. The van der Waals surface area contributed by atoms with Gasteiger partial charge in [-0.3, -0.25) is 4.90 Å². The van der Waals surface area contributed by atoms with Crippen molar-refractivity contribution < 1.29 is 27.4 Å². The van der Waals surface area contributed by atoms with Crippen LogP contribution < -0.4 is 14.2 Å². The van der Waals surface area contributed by atoms with E-state index in [4.69, 9.17) is 18.9 Å². The summed E-state index contributed by atoms with van der Waals surface area (Å²) in [6, 6.07) is 12.4. The van der Waals surface area contributed by atoms with E-state index in [-0.39, 0.29) is 17.8 Å². The van der Waals surface area contributed by atoms with Crippen molar-refractivity contribution in [2.45, 2.75) is 17.5 Å². The van der Waals surface area contributed by atoms with Gasteiger partial charge in [0.1, 0.15) is 11.9 Å². The summed E-state index contributed by atoms with van der Waals surface area (Å²) in [5.74, 6) is 2.21. The average molecular weight is 405 g/mol. The van der Waals surface area contributed by atoms with Gasteiger partial charge in [-0.2, -0.15) is 0 Å². The number of ether oxygens (including phenoxy) is 4. The number of nitrogens with zero attached hydrogens (tertiary/aromatic N) is 1. The van der Waals surface area contributed by atoms with Gasteiger partial charge in [-0.1, -0.05) is 12.1 Å². The molecule has 0 saturated carbocycles. The molecule has 7 nitrogen and oxygen atoms in total. The van der Waals surface area contributed by atoms with Gasteiger partial charge in [0.05, 0.1) is 18.1 Å². The highest BCUT2D eigenvalue weighted by Gasteiger charge is 2.24. The van der Waals surface area contributed by atoms with Crippen LogP contribution in [0.3, 0.4) is 0 Å². The van der Waals surface area contributed by atoms with Crippen molar-refractivity contribution in [2.75, 3.05) is 39.4 Å². The van der Waals surface area contributed by atoms with Crippen LogP contribution in [0.4, 0.5) is 0 Å². The van der Waals surface area contributed by atoms with Crippen molar-refractivity contribution in [3.8, 4) is 17.2 Å². The van der Waals surface area contributed by atoms with Gasteiger partial charge in [0.25, 0.3) is 0 Å². The molecule has 0 spiro atoms. The van der Waals surface area contributed by atoms with E-state index >= 15 is 0 Å². The number of fused-ring (bicyclic) bond motifs is 1. The van der Waals surface area contributed by atoms with Gasteiger partial charge in [-0.05, 0) is 30.3 Å². The number of para-hydroxylation sites is 1. The van der Waals surface area contributed by atoms with Crippen molar-refractivity contribution in [2.24, 2.45) is 0 Å². The minimum Gasteiger partial charge on any atom is -0.487 e. The van der Waals surface area contributed by atoms with Crippen molar-refractivity contribution >= 4 is 9.84 Å². The topological polar surface area (TPSA) is 74.3 Å². The first-order chi connectivity index (χ1) is 13.5. The monoisotopic (exact) mass is 405 g/mol. The normalized spacial score (nSPS) is 20.0. The molecule has 28 heavy (non-hydrogen) atoms. The van der Waals surface area contributed by atoms with E-state index in [9.17, 15) is 8.42 Å². The van der Waals surface area contributed by atoms with E-state index < -0.39 is 9.84 Å². The molecule has 2 aromatic rings. The van der Waals surface area contributed by atoms with E-state index in [1.54, 1.807) is 24.3 Å². The summed E-state index contributed by atoms with van der Waals surface area (Å²) < 4.78 is 46.0. The third kappa shape index (κ3) is 4.40. The fourth-order valence-electron chi connectivity index (χ4n) is 3.37. The lowest BCUT2D eigenvalue weighted by molar-refractivity contribution is 0.0710. The molecule has 0 aliphatic carbocycles. The molecule has 2 aliphatic rings. The zero-order valence-electron chi connectivity index (χ0n) is 15.7. The molecule has 2 aromatic carbocycles. The zero-order valence-corrected chi connectivity index (χ0v) is 16.5. The van der Waals surface area contributed by atoms with Gasteiger partial charge < -0.3 is 18.9 Å². The number of hydrogen-bond donors (Lipinski definition) is 0. The lowest BCUT2D eigenvalue weighted by atomic mass is 10.1. The Morgan fingerprint density at radius 3 is 2.75 bits per heavy atom. The number of hydrogen-bond acceptors (Lipinski definition) is 7. The zero-order chi connectivity index (χ0) is 19.6. The van der Waals surface area contributed by atoms with Crippen molar-refractivity contribution in [3.05, 3.63) is 48.0 Å². The summed E-state index contributed by atoms with van der Waals surface area (Å²) in [4.78, 5) is 2.54. The Labute approximate surface area is 164 Å². The largest absolute Gasteiger partial charge is 0.487 e. The van der Waals surface area contributed by atoms with Crippen molar-refractivity contribution in [3.63, 3.8) is 0 Å². The third-order valence-corrected chi connectivity index (χ3v) is 5.87. The summed E-state index contributed by atoms with van der Waals surface area (Å²) >= 11 is 0. The fourth-order valence-corrected chi connectivity index (χ4v) is 4.00. The Morgan fingerprint density at radius 1 is 1.14 bits per heavy atom. The van der Waals surface area contributed by atoms with Crippen molar-refractivity contribution in [1.29, 1.82) is 0 Å². The van der Waals surface area contributed by atoms with Crippen LogP contribution in [-0.2, 0) is 21.1 Å². The second-order valence-corrected chi connectivity index (χ2v) is 8.96. The lowest BCUT2D eigenvalue weighted by Gasteiger charge is -2.24. The SMILES string of the molecule is CS(=O)(=O)c1ccc(OC2COCCN(Cc3cccc4c3OCO4)C2)cc1. The molecule has 4 rings (SSSR count). The lowest BCUT2D eigenvalue weighted by Crippen LogP contribution is -2.35. The van der Waals surface area contributed by atoms with Crippen molar-refractivity contribution in [1.82, 2.24) is 4.90 Å². The van der Waals surface area contributed by atoms with E-state index in [1.165, 1.54) is 6.26 Å². The predicted octanol–water partition coefficient (Wildman–Crippen LogP) is 2.10. The summed E-state index contributed by atoms with van der Waals surface area (Å²) in [6.07, 6.45) is 1.04. The van der Waals surface area contributed by atoms with Gasteiger partial charge >= 0.3 is 0 Å². The maximum Gasteiger partial charge on any atom is 0.231 e. The smallest absolute Gasteiger partial charge is 0.231 e. The van der Waals surface area contributed by atoms with Crippen LogP contribution in [0.25, 0.3) is 0 Å².